The van der Waals surface area contributed by atoms with E-state index in [9.17, 15) is 10.1 Å². The Bertz CT molecular complexity index is 1010. The van der Waals surface area contributed by atoms with Crippen molar-refractivity contribution in [2.45, 2.75) is 26.2 Å². The summed E-state index contributed by atoms with van der Waals surface area (Å²) < 4.78 is 11.0. The molecule has 0 aliphatic carbocycles. The van der Waals surface area contributed by atoms with E-state index in [0.717, 1.165) is 32.4 Å². The molecular weight excluding hydrogens is 372 g/mol. The Morgan fingerprint density at radius 1 is 1.17 bits per heavy atom. The van der Waals surface area contributed by atoms with Gasteiger partial charge in [-0.1, -0.05) is 17.3 Å². The highest BCUT2D eigenvalue weighted by atomic mass is 16.6. The second kappa shape index (κ2) is 8.30. The number of benzene rings is 2. The number of rotatable bonds is 6. The van der Waals surface area contributed by atoms with E-state index in [0.29, 0.717) is 35.0 Å². The van der Waals surface area contributed by atoms with Gasteiger partial charge in [0.25, 0.3) is 11.6 Å². The fraction of sp³-hybridized carbons (Fsp3) is 0.333. The second-order valence-corrected chi connectivity index (χ2v) is 6.86. The molecule has 0 unspecified atom stereocenters. The Labute approximate surface area is 168 Å². The molecule has 4 rings (SSSR count). The molecule has 0 amide bonds. The Morgan fingerprint density at radius 2 is 1.97 bits per heavy atom. The minimum atomic E-state index is -0.352. The lowest BCUT2D eigenvalue weighted by Gasteiger charge is -2.28. The van der Waals surface area contributed by atoms with Crippen LogP contribution in [0.3, 0.4) is 0 Å². The van der Waals surface area contributed by atoms with Gasteiger partial charge in [-0.3, -0.25) is 10.1 Å². The molecule has 1 aromatic heterocycles. The summed E-state index contributed by atoms with van der Waals surface area (Å²) >= 11 is 0. The summed E-state index contributed by atoms with van der Waals surface area (Å²) in [5.74, 6) is 1.28. The van der Waals surface area contributed by atoms with Crippen LogP contribution < -0.4 is 9.64 Å². The average Bonchev–Trinajstić information content (AvgIpc) is 3.25. The highest BCUT2D eigenvalue weighted by Crippen LogP contribution is 2.35. The van der Waals surface area contributed by atoms with Crippen LogP contribution in [0.5, 0.6) is 5.75 Å². The van der Waals surface area contributed by atoms with Gasteiger partial charge in [-0.2, -0.15) is 4.98 Å². The molecule has 0 saturated carbocycles. The fourth-order valence-electron chi connectivity index (χ4n) is 3.59. The lowest BCUT2D eigenvalue weighted by atomic mass is 10.1. The number of nitro groups is 1. The first kappa shape index (κ1) is 18.9. The van der Waals surface area contributed by atoms with Gasteiger partial charge < -0.3 is 14.2 Å². The Kier molecular flexibility index (Phi) is 5.41. The number of aromatic nitrogens is 2. The van der Waals surface area contributed by atoms with E-state index < -0.39 is 0 Å². The van der Waals surface area contributed by atoms with Crippen molar-refractivity contribution in [2.24, 2.45) is 0 Å². The van der Waals surface area contributed by atoms with Crippen molar-refractivity contribution in [3.05, 3.63) is 52.6 Å². The topological polar surface area (TPSA) is 94.5 Å². The number of piperidine rings is 1. The summed E-state index contributed by atoms with van der Waals surface area (Å²) in [7, 11) is 0. The van der Waals surface area contributed by atoms with E-state index in [1.54, 1.807) is 12.1 Å². The SMILES string of the molecule is CCOc1ccccc1-c1noc(-c2ccc(N3CCCCC3)c([N+](=O)[O-])c2)n1. The summed E-state index contributed by atoms with van der Waals surface area (Å²) in [4.78, 5) is 17.8. The van der Waals surface area contributed by atoms with Gasteiger partial charge in [0.05, 0.1) is 17.1 Å². The summed E-state index contributed by atoms with van der Waals surface area (Å²) in [5.41, 5.74) is 1.92. The molecule has 1 fully saturated rings. The normalized spacial score (nSPS) is 14.0. The standard InChI is InChI=1S/C21H22N4O4/c1-2-28-19-9-5-4-8-16(19)20-22-21(29-23-20)15-10-11-17(18(14-15)25(26)27)24-12-6-3-7-13-24/h4-5,8-11,14H,2-3,6-7,12-13H2,1H3. The third-order valence-electron chi connectivity index (χ3n) is 4.97. The molecule has 3 aromatic rings. The summed E-state index contributed by atoms with van der Waals surface area (Å²) in [6.45, 7) is 4.09. The minimum Gasteiger partial charge on any atom is -0.493 e. The summed E-state index contributed by atoms with van der Waals surface area (Å²) in [6.07, 6.45) is 3.26. The quantitative estimate of drug-likeness (QED) is 0.442. The Morgan fingerprint density at radius 3 is 2.72 bits per heavy atom. The molecule has 1 saturated heterocycles. The van der Waals surface area contributed by atoms with Crippen LogP contribution in [0.15, 0.2) is 47.0 Å². The zero-order chi connectivity index (χ0) is 20.2. The van der Waals surface area contributed by atoms with Crippen molar-refractivity contribution >= 4 is 11.4 Å². The fourth-order valence-corrected chi connectivity index (χ4v) is 3.59. The van der Waals surface area contributed by atoms with Crippen molar-refractivity contribution in [1.29, 1.82) is 0 Å². The van der Waals surface area contributed by atoms with Gasteiger partial charge in [0.15, 0.2) is 0 Å². The van der Waals surface area contributed by atoms with Crippen LogP contribution in [0.2, 0.25) is 0 Å². The molecule has 2 heterocycles. The first-order valence-electron chi connectivity index (χ1n) is 9.77. The van der Waals surface area contributed by atoms with Crippen LogP contribution in [0, 0.1) is 10.1 Å². The van der Waals surface area contributed by atoms with Gasteiger partial charge in [0.2, 0.25) is 5.82 Å². The molecule has 0 bridgehead atoms. The number of nitrogens with zero attached hydrogens (tertiary/aromatic N) is 4. The maximum atomic E-state index is 11.7. The third kappa shape index (κ3) is 3.91. The number of anilines is 1. The highest BCUT2D eigenvalue weighted by Gasteiger charge is 2.23. The van der Waals surface area contributed by atoms with Crippen LogP contribution in [0.4, 0.5) is 11.4 Å². The largest absolute Gasteiger partial charge is 0.493 e. The molecule has 2 aromatic carbocycles. The number of nitro benzene ring substituents is 1. The van der Waals surface area contributed by atoms with Gasteiger partial charge >= 0.3 is 0 Å². The molecule has 8 heteroatoms. The number of para-hydroxylation sites is 1. The predicted molar refractivity (Wildman–Crippen MR) is 109 cm³/mol. The lowest BCUT2D eigenvalue weighted by molar-refractivity contribution is -0.384. The molecular formula is C21H22N4O4. The van der Waals surface area contributed by atoms with Gasteiger partial charge in [-0.05, 0) is 50.5 Å². The number of hydrogen-bond donors (Lipinski definition) is 0. The van der Waals surface area contributed by atoms with Crippen LogP contribution >= 0.6 is 0 Å². The molecule has 29 heavy (non-hydrogen) atoms. The van der Waals surface area contributed by atoms with E-state index in [4.69, 9.17) is 9.26 Å². The van der Waals surface area contributed by atoms with Crippen molar-refractivity contribution in [1.82, 2.24) is 10.1 Å². The van der Waals surface area contributed by atoms with Crippen LogP contribution in [-0.2, 0) is 0 Å². The van der Waals surface area contributed by atoms with Crippen LogP contribution in [0.25, 0.3) is 22.8 Å². The predicted octanol–water partition coefficient (Wildman–Crippen LogP) is 4.70. The van der Waals surface area contributed by atoms with Gasteiger partial charge in [-0.15, -0.1) is 0 Å². The Balaban J connectivity index is 1.68. The molecule has 8 nitrogen and oxygen atoms in total. The van der Waals surface area contributed by atoms with E-state index in [1.165, 1.54) is 6.07 Å². The minimum absolute atomic E-state index is 0.0545. The smallest absolute Gasteiger partial charge is 0.293 e. The Hall–Kier alpha value is -3.42. The molecule has 1 aliphatic heterocycles. The average molecular weight is 394 g/mol. The van der Waals surface area contributed by atoms with E-state index in [-0.39, 0.29) is 16.5 Å². The van der Waals surface area contributed by atoms with Gasteiger partial charge in [-0.25, -0.2) is 0 Å². The molecule has 150 valence electrons. The van der Waals surface area contributed by atoms with Crippen LogP contribution in [0.1, 0.15) is 26.2 Å². The molecule has 0 N–H and O–H groups in total. The monoisotopic (exact) mass is 394 g/mol. The lowest BCUT2D eigenvalue weighted by Crippen LogP contribution is -2.29. The number of hydrogen-bond acceptors (Lipinski definition) is 7. The summed E-state index contributed by atoms with van der Waals surface area (Å²) in [5, 5.41) is 15.7. The summed E-state index contributed by atoms with van der Waals surface area (Å²) in [6, 6.07) is 12.5. The highest BCUT2D eigenvalue weighted by molar-refractivity contribution is 5.72. The second-order valence-electron chi connectivity index (χ2n) is 6.86. The van der Waals surface area contributed by atoms with Gasteiger partial charge in [0.1, 0.15) is 11.4 Å². The maximum absolute atomic E-state index is 11.7. The molecule has 1 aliphatic rings. The first-order chi connectivity index (χ1) is 14.2. The van der Waals surface area contributed by atoms with Gasteiger partial charge in [0, 0.05) is 24.7 Å². The van der Waals surface area contributed by atoms with Crippen LogP contribution in [-0.4, -0.2) is 34.8 Å². The molecule has 0 atom stereocenters. The zero-order valence-electron chi connectivity index (χ0n) is 16.2. The number of ether oxygens (including phenoxy) is 1. The first-order valence-corrected chi connectivity index (χ1v) is 9.77. The maximum Gasteiger partial charge on any atom is 0.293 e. The van der Waals surface area contributed by atoms with E-state index >= 15 is 0 Å². The van der Waals surface area contributed by atoms with Crippen molar-refractivity contribution in [3.8, 4) is 28.6 Å². The van der Waals surface area contributed by atoms with Crippen molar-refractivity contribution < 1.29 is 14.2 Å². The van der Waals surface area contributed by atoms with E-state index in [1.807, 2.05) is 31.2 Å². The van der Waals surface area contributed by atoms with E-state index in [2.05, 4.69) is 15.0 Å². The van der Waals surface area contributed by atoms with Crippen molar-refractivity contribution in [3.63, 3.8) is 0 Å². The molecule has 0 spiro atoms. The van der Waals surface area contributed by atoms with Crippen molar-refractivity contribution in [2.75, 3.05) is 24.6 Å². The third-order valence-corrected chi connectivity index (χ3v) is 4.97. The molecule has 0 radical (unpaired) electrons. The zero-order valence-corrected chi connectivity index (χ0v) is 16.2.